The number of nitrogens with one attached hydrogen (secondary N) is 2. The minimum atomic E-state index is 0.466. The van der Waals surface area contributed by atoms with Gasteiger partial charge in [-0.3, -0.25) is 0 Å². The first kappa shape index (κ1) is 13.5. The van der Waals surface area contributed by atoms with E-state index in [1.165, 1.54) is 22.8 Å². The standard InChI is InChI=1S/C11H22N4S/c1-4-5-12-6-7-13-8-10-11(9(2)3)14-15-16-10/h9,12-13H,4-8H2,1-3H3. The van der Waals surface area contributed by atoms with E-state index in [4.69, 9.17) is 0 Å². The SMILES string of the molecule is CCCNCCNCc1snnc1C(C)C. The van der Waals surface area contributed by atoms with Gasteiger partial charge in [0.25, 0.3) is 0 Å². The highest BCUT2D eigenvalue weighted by Gasteiger charge is 2.10. The first-order chi connectivity index (χ1) is 7.75. The summed E-state index contributed by atoms with van der Waals surface area (Å²) in [4.78, 5) is 1.27. The molecule has 0 fully saturated rings. The van der Waals surface area contributed by atoms with Crippen molar-refractivity contribution in [3.8, 4) is 0 Å². The van der Waals surface area contributed by atoms with Crippen molar-refractivity contribution in [3.63, 3.8) is 0 Å². The van der Waals surface area contributed by atoms with Gasteiger partial charge >= 0.3 is 0 Å². The van der Waals surface area contributed by atoms with Gasteiger partial charge in [-0.1, -0.05) is 25.3 Å². The summed E-state index contributed by atoms with van der Waals surface area (Å²) < 4.78 is 4.01. The molecule has 5 heteroatoms. The Hall–Kier alpha value is -0.520. The molecule has 0 spiro atoms. The van der Waals surface area contributed by atoms with E-state index in [2.05, 4.69) is 41.0 Å². The summed E-state index contributed by atoms with van der Waals surface area (Å²) in [6, 6.07) is 0. The number of rotatable bonds is 8. The van der Waals surface area contributed by atoms with Gasteiger partial charge in [-0.25, -0.2) is 0 Å². The zero-order chi connectivity index (χ0) is 11.8. The molecule has 1 rings (SSSR count). The lowest BCUT2D eigenvalue weighted by Crippen LogP contribution is -2.27. The van der Waals surface area contributed by atoms with Crippen molar-refractivity contribution < 1.29 is 0 Å². The lowest BCUT2D eigenvalue weighted by Gasteiger charge is -2.06. The highest BCUT2D eigenvalue weighted by Crippen LogP contribution is 2.18. The van der Waals surface area contributed by atoms with E-state index in [0.29, 0.717) is 5.92 Å². The number of nitrogens with zero attached hydrogens (tertiary/aromatic N) is 2. The van der Waals surface area contributed by atoms with E-state index in [1.807, 2.05) is 0 Å². The van der Waals surface area contributed by atoms with Gasteiger partial charge in [-0.15, -0.1) is 5.10 Å². The second kappa shape index (κ2) is 7.70. The fourth-order valence-corrected chi connectivity index (χ4v) is 2.22. The third-order valence-corrected chi connectivity index (χ3v) is 3.06. The van der Waals surface area contributed by atoms with Gasteiger partial charge in [0.2, 0.25) is 0 Å². The van der Waals surface area contributed by atoms with E-state index < -0.39 is 0 Å². The van der Waals surface area contributed by atoms with Crippen molar-refractivity contribution in [2.75, 3.05) is 19.6 Å². The van der Waals surface area contributed by atoms with Crippen LogP contribution in [0.3, 0.4) is 0 Å². The Morgan fingerprint density at radius 1 is 1.19 bits per heavy atom. The zero-order valence-corrected chi connectivity index (χ0v) is 11.2. The van der Waals surface area contributed by atoms with Crippen LogP contribution in [0.25, 0.3) is 0 Å². The summed E-state index contributed by atoms with van der Waals surface area (Å²) in [6.07, 6.45) is 1.19. The summed E-state index contributed by atoms with van der Waals surface area (Å²) in [5.41, 5.74) is 1.14. The molecule has 1 heterocycles. The Morgan fingerprint density at radius 2 is 1.94 bits per heavy atom. The molecule has 0 saturated heterocycles. The molecule has 0 aliphatic heterocycles. The van der Waals surface area contributed by atoms with E-state index in [1.54, 1.807) is 0 Å². The van der Waals surface area contributed by atoms with Crippen molar-refractivity contribution in [3.05, 3.63) is 10.6 Å². The Balaban J connectivity index is 2.19. The number of hydrogen-bond acceptors (Lipinski definition) is 5. The van der Waals surface area contributed by atoms with E-state index in [9.17, 15) is 0 Å². The third-order valence-electron chi connectivity index (χ3n) is 2.32. The second-order valence-corrected chi connectivity index (χ2v) is 5.00. The van der Waals surface area contributed by atoms with Crippen molar-refractivity contribution in [2.45, 2.75) is 39.7 Å². The Labute approximate surface area is 102 Å². The molecule has 0 radical (unpaired) electrons. The molecule has 4 nitrogen and oxygen atoms in total. The average molecular weight is 242 g/mol. The summed E-state index contributed by atoms with van der Waals surface area (Å²) in [6.45, 7) is 10.5. The van der Waals surface area contributed by atoms with Gasteiger partial charge < -0.3 is 10.6 Å². The quantitative estimate of drug-likeness (QED) is 0.682. The summed E-state index contributed by atoms with van der Waals surface area (Å²) in [5.74, 6) is 0.466. The Bertz CT molecular complexity index is 285. The van der Waals surface area contributed by atoms with E-state index in [-0.39, 0.29) is 0 Å². The van der Waals surface area contributed by atoms with Crippen LogP contribution in [0.15, 0.2) is 0 Å². The Morgan fingerprint density at radius 3 is 2.62 bits per heavy atom. The topological polar surface area (TPSA) is 49.8 Å². The lowest BCUT2D eigenvalue weighted by atomic mass is 10.1. The highest BCUT2D eigenvalue weighted by molar-refractivity contribution is 7.05. The largest absolute Gasteiger partial charge is 0.315 e. The normalized spacial score (nSPS) is 11.2. The van der Waals surface area contributed by atoms with Crippen molar-refractivity contribution in [1.29, 1.82) is 0 Å². The molecule has 0 aliphatic rings. The molecule has 0 saturated carbocycles. The molecule has 1 aromatic rings. The van der Waals surface area contributed by atoms with Crippen LogP contribution >= 0.6 is 11.5 Å². The zero-order valence-electron chi connectivity index (χ0n) is 10.4. The maximum absolute atomic E-state index is 4.16. The molecule has 0 atom stereocenters. The summed E-state index contributed by atoms with van der Waals surface area (Å²) >= 11 is 1.50. The summed E-state index contributed by atoms with van der Waals surface area (Å²) in [5, 5.41) is 10.9. The van der Waals surface area contributed by atoms with Gasteiger partial charge in [0, 0.05) is 19.6 Å². The maximum Gasteiger partial charge on any atom is 0.0826 e. The molecule has 1 aromatic heterocycles. The van der Waals surface area contributed by atoms with Gasteiger partial charge in [-0.05, 0) is 30.4 Å². The molecule has 92 valence electrons. The minimum absolute atomic E-state index is 0.466. The van der Waals surface area contributed by atoms with Crippen LogP contribution in [-0.4, -0.2) is 29.2 Å². The number of aromatic nitrogens is 2. The predicted octanol–water partition coefficient (Wildman–Crippen LogP) is 1.75. The molecule has 2 N–H and O–H groups in total. The molecule has 0 amide bonds. The van der Waals surface area contributed by atoms with E-state index >= 15 is 0 Å². The molecular formula is C11H22N4S. The first-order valence-electron chi connectivity index (χ1n) is 5.98. The van der Waals surface area contributed by atoms with Crippen molar-refractivity contribution in [2.24, 2.45) is 0 Å². The lowest BCUT2D eigenvalue weighted by molar-refractivity contribution is 0.606. The van der Waals surface area contributed by atoms with E-state index in [0.717, 1.165) is 31.9 Å². The molecule has 0 bridgehead atoms. The van der Waals surface area contributed by atoms with Gasteiger partial charge in [0.1, 0.15) is 0 Å². The fourth-order valence-electron chi connectivity index (χ4n) is 1.46. The molecule has 0 aromatic carbocycles. The number of hydrogen-bond donors (Lipinski definition) is 2. The van der Waals surface area contributed by atoms with Gasteiger partial charge in [0.05, 0.1) is 10.6 Å². The highest BCUT2D eigenvalue weighted by atomic mass is 32.1. The van der Waals surface area contributed by atoms with Crippen LogP contribution in [-0.2, 0) is 6.54 Å². The minimum Gasteiger partial charge on any atom is -0.315 e. The summed E-state index contributed by atoms with van der Waals surface area (Å²) in [7, 11) is 0. The van der Waals surface area contributed by atoms with Crippen LogP contribution in [0, 0.1) is 0 Å². The second-order valence-electron chi connectivity index (χ2n) is 4.16. The van der Waals surface area contributed by atoms with Crippen LogP contribution < -0.4 is 10.6 Å². The van der Waals surface area contributed by atoms with Crippen LogP contribution in [0.1, 0.15) is 43.7 Å². The maximum atomic E-state index is 4.16. The van der Waals surface area contributed by atoms with Gasteiger partial charge in [-0.2, -0.15) is 0 Å². The first-order valence-corrected chi connectivity index (χ1v) is 6.75. The third kappa shape index (κ3) is 4.55. The molecular weight excluding hydrogens is 220 g/mol. The van der Waals surface area contributed by atoms with Crippen LogP contribution in [0.2, 0.25) is 0 Å². The van der Waals surface area contributed by atoms with Crippen molar-refractivity contribution in [1.82, 2.24) is 20.2 Å². The molecule has 0 aliphatic carbocycles. The van der Waals surface area contributed by atoms with Crippen molar-refractivity contribution >= 4 is 11.5 Å². The Kier molecular flexibility index (Phi) is 6.52. The van der Waals surface area contributed by atoms with Crippen LogP contribution in [0.5, 0.6) is 0 Å². The fraction of sp³-hybridized carbons (Fsp3) is 0.818. The molecule has 16 heavy (non-hydrogen) atoms. The molecule has 0 unspecified atom stereocenters. The smallest absolute Gasteiger partial charge is 0.0826 e. The average Bonchev–Trinajstić information content (AvgIpc) is 2.71. The monoisotopic (exact) mass is 242 g/mol. The van der Waals surface area contributed by atoms with Crippen LogP contribution in [0.4, 0.5) is 0 Å². The predicted molar refractivity (Wildman–Crippen MR) is 68.9 cm³/mol. The van der Waals surface area contributed by atoms with Gasteiger partial charge in [0.15, 0.2) is 0 Å².